The molecule has 0 aromatic carbocycles. The van der Waals surface area contributed by atoms with Gasteiger partial charge in [0, 0.05) is 44.3 Å². The molecule has 6 heteroatoms. The average molecular weight is 291 g/mol. The molecule has 1 N–H and O–H groups in total. The van der Waals surface area contributed by atoms with Crippen LogP contribution in [0, 0.1) is 5.92 Å². The number of rotatable bonds is 3. The van der Waals surface area contributed by atoms with Gasteiger partial charge in [-0.3, -0.25) is 9.78 Å². The van der Waals surface area contributed by atoms with Crippen molar-refractivity contribution in [2.45, 2.75) is 19.4 Å². The third-order valence-corrected chi connectivity index (χ3v) is 3.90. The predicted molar refractivity (Wildman–Crippen MR) is 75.6 cm³/mol. The molecule has 1 amide bonds. The van der Waals surface area contributed by atoms with Gasteiger partial charge in [0.25, 0.3) is 5.91 Å². The summed E-state index contributed by atoms with van der Waals surface area (Å²) in [6.45, 7) is 1.55. The van der Waals surface area contributed by atoms with E-state index in [0.29, 0.717) is 23.0 Å². The van der Waals surface area contributed by atoms with Crippen LogP contribution in [-0.2, 0) is 13.0 Å². The number of carbonyl (C=O) groups excluding carboxylic acids is 1. The van der Waals surface area contributed by atoms with Crippen LogP contribution >= 0.6 is 11.6 Å². The first-order chi connectivity index (χ1) is 9.74. The zero-order valence-corrected chi connectivity index (χ0v) is 11.7. The van der Waals surface area contributed by atoms with Crippen LogP contribution in [-0.4, -0.2) is 27.0 Å². The Hall–Kier alpha value is -1.88. The monoisotopic (exact) mass is 290 g/mol. The van der Waals surface area contributed by atoms with E-state index in [0.717, 1.165) is 25.2 Å². The van der Waals surface area contributed by atoms with Gasteiger partial charge in [0.1, 0.15) is 5.82 Å². The molecule has 2 aromatic heterocycles. The molecule has 0 aliphatic carbocycles. The van der Waals surface area contributed by atoms with Gasteiger partial charge < -0.3 is 9.88 Å². The van der Waals surface area contributed by atoms with Gasteiger partial charge in [-0.2, -0.15) is 0 Å². The van der Waals surface area contributed by atoms with Gasteiger partial charge in [0.2, 0.25) is 0 Å². The number of hydrogen-bond acceptors (Lipinski definition) is 3. The molecule has 0 unspecified atom stereocenters. The molecule has 0 saturated carbocycles. The Labute approximate surface area is 122 Å². The second-order valence-electron chi connectivity index (χ2n) is 4.97. The highest BCUT2D eigenvalue weighted by Crippen LogP contribution is 2.18. The molecule has 104 valence electrons. The molecule has 3 heterocycles. The number of imidazole rings is 1. The molecule has 5 nitrogen and oxygen atoms in total. The Bertz CT molecular complexity index is 625. The molecular formula is C14H15ClN4O. The number of nitrogens with zero attached hydrogens (tertiary/aromatic N) is 3. The highest BCUT2D eigenvalue weighted by Gasteiger charge is 2.19. The fourth-order valence-corrected chi connectivity index (χ4v) is 2.70. The number of amides is 1. The van der Waals surface area contributed by atoms with Crippen molar-refractivity contribution in [3.8, 4) is 0 Å². The molecule has 0 bridgehead atoms. The molecular weight excluding hydrogens is 276 g/mol. The molecule has 20 heavy (non-hydrogen) atoms. The Kier molecular flexibility index (Phi) is 3.69. The normalized spacial score (nSPS) is 17.6. The Morgan fingerprint density at radius 1 is 1.50 bits per heavy atom. The maximum Gasteiger partial charge on any atom is 0.252 e. The second kappa shape index (κ2) is 5.63. The number of fused-ring (bicyclic) bond motifs is 1. The third kappa shape index (κ3) is 2.67. The first-order valence-electron chi connectivity index (χ1n) is 6.62. The highest BCUT2D eigenvalue weighted by atomic mass is 35.5. The minimum atomic E-state index is -0.145. The number of pyridine rings is 1. The number of aromatic nitrogens is 3. The van der Waals surface area contributed by atoms with Crippen molar-refractivity contribution in [2.24, 2.45) is 5.92 Å². The van der Waals surface area contributed by atoms with Crippen LogP contribution in [0.3, 0.4) is 0 Å². The van der Waals surface area contributed by atoms with Crippen LogP contribution < -0.4 is 5.32 Å². The van der Waals surface area contributed by atoms with E-state index >= 15 is 0 Å². The number of hydrogen-bond donors (Lipinski definition) is 1. The van der Waals surface area contributed by atoms with Gasteiger partial charge >= 0.3 is 0 Å². The van der Waals surface area contributed by atoms with Crippen LogP contribution in [0.25, 0.3) is 0 Å². The summed E-state index contributed by atoms with van der Waals surface area (Å²) >= 11 is 5.96. The van der Waals surface area contributed by atoms with Crippen molar-refractivity contribution in [1.82, 2.24) is 19.9 Å². The van der Waals surface area contributed by atoms with E-state index in [-0.39, 0.29) is 5.91 Å². The lowest BCUT2D eigenvalue weighted by atomic mass is 9.99. The van der Waals surface area contributed by atoms with Gasteiger partial charge in [-0.1, -0.05) is 11.6 Å². The fourth-order valence-electron chi connectivity index (χ4n) is 2.50. The van der Waals surface area contributed by atoms with E-state index in [2.05, 4.69) is 19.9 Å². The Balaban J connectivity index is 1.58. The molecule has 2 aromatic rings. The van der Waals surface area contributed by atoms with Gasteiger partial charge in [-0.15, -0.1) is 0 Å². The number of halogens is 1. The van der Waals surface area contributed by atoms with Crippen molar-refractivity contribution in [2.75, 3.05) is 6.54 Å². The van der Waals surface area contributed by atoms with Gasteiger partial charge in [-0.25, -0.2) is 4.98 Å². The van der Waals surface area contributed by atoms with Gasteiger partial charge in [-0.05, 0) is 18.4 Å². The SMILES string of the molecule is O=C(NC[C@@H]1CCc2nccn2C1)c1ccncc1Cl. The number of aryl methyl sites for hydroxylation is 1. The van der Waals surface area contributed by atoms with E-state index in [1.807, 2.05) is 12.4 Å². The van der Waals surface area contributed by atoms with E-state index in [1.165, 1.54) is 6.20 Å². The Morgan fingerprint density at radius 3 is 3.25 bits per heavy atom. The molecule has 1 aliphatic rings. The van der Waals surface area contributed by atoms with Crippen LogP contribution in [0.1, 0.15) is 22.6 Å². The second-order valence-corrected chi connectivity index (χ2v) is 5.37. The predicted octanol–water partition coefficient (Wildman–Crippen LogP) is 1.92. The Morgan fingerprint density at radius 2 is 2.40 bits per heavy atom. The van der Waals surface area contributed by atoms with E-state index in [9.17, 15) is 4.79 Å². The van der Waals surface area contributed by atoms with Crippen molar-refractivity contribution in [3.05, 3.63) is 47.3 Å². The van der Waals surface area contributed by atoms with Crippen molar-refractivity contribution in [3.63, 3.8) is 0 Å². The van der Waals surface area contributed by atoms with Gasteiger partial charge in [0.15, 0.2) is 0 Å². The smallest absolute Gasteiger partial charge is 0.252 e. The summed E-state index contributed by atoms with van der Waals surface area (Å²) in [6.07, 6.45) is 8.87. The molecule has 3 rings (SSSR count). The highest BCUT2D eigenvalue weighted by molar-refractivity contribution is 6.33. The number of carbonyl (C=O) groups is 1. The minimum absolute atomic E-state index is 0.145. The average Bonchev–Trinajstić information content (AvgIpc) is 2.92. The van der Waals surface area contributed by atoms with E-state index in [4.69, 9.17) is 11.6 Å². The van der Waals surface area contributed by atoms with Crippen LogP contribution in [0.15, 0.2) is 30.9 Å². The quantitative estimate of drug-likeness (QED) is 0.939. The van der Waals surface area contributed by atoms with Crippen molar-refractivity contribution < 1.29 is 4.79 Å². The summed E-state index contributed by atoms with van der Waals surface area (Å²) in [4.78, 5) is 20.2. The maximum atomic E-state index is 12.1. The number of nitrogens with one attached hydrogen (secondary N) is 1. The maximum absolute atomic E-state index is 12.1. The lowest BCUT2D eigenvalue weighted by Crippen LogP contribution is -2.33. The fraction of sp³-hybridized carbons (Fsp3) is 0.357. The van der Waals surface area contributed by atoms with Gasteiger partial charge in [0.05, 0.1) is 10.6 Å². The standard InChI is InChI=1S/C14H15ClN4O/c15-12-8-16-4-3-11(12)14(20)18-7-10-1-2-13-17-5-6-19(13)9-10/h3-6,8,10H,1-2,7,9H2,(H,18,20)/t10-/m0/s1. The van der Waals surface area contributed by atoms with Crippen LogP contribution in [0.2, 0.25) is 5.02 Å². The van der Waals surface area contributed by atoms with E-state index < -0.39 is 0 Å². The molecule has 0 radical (unpaired) electrons. The lowest BCUT2D eigenvalue weighted by Gasteiger charge is -2.24. The first kappa shape index (κ1) is 13.1. The summed E-state index contributed by atoms with van der Waals surface area (Å²) < 4.78 is 2.15. The molecule has 1 aliphatic heterocycles. The van der Waals surface area contributed by atoms with Crippen molar-refractivity contribution >= 4 is 17.5 Å². The van der Waals surface area contributed by atoms with Crippen LogP contribution in [0.4, 0.5) is 0 Å². The van der Waals surface area contributed by atoms with Crippen molar-refractivity contribution in [1.29, 1.82) is 0 Å². The molecule has 0 saturated heterocycles. The van der Waals surface area contributed by atoms with Crippen LogP contribution in [0.5, 0.6) is 0 Å². The van der Waals surface area contributed by atoms with E-state index in [1.54, 1.807) is 12.3 Å². The summed E-state index contributed by atoms with van der Waals surface area (Å²) in [5.74, 6) is 1.42. The largest absolute Gasteiger partial charge is 0.352 e. The zero-order valence-electron chi connectivity index (χ0n) is 10.9. The summed E-state index contributed by atoms with van der Waals surface area (Å²) in [6, 6.07) is 1.63. The lowest BCUT2D eigenvalue weighted by molar-refractivity contribution is 0.0943. The summed E-state index contributed by atoms with van der Waals surface area (Å²) in [5.41, 5.74) is 0.473. The first-order valence-corrected chi connectivity index (χ1v) is 6.99. The minimum Gasteiger partial charge on any atom is -0.352 e. The summed E-state index contributed by atoms with van der Waals surface area (Å²) in [7, 11) is 0. The topological polar surface area (TPSA) is 59.8 Å². The third-order valence-electron chi connectivity index (χ3n) is 3.60. The summed E-state index contributed by atoms with van der Waals surface area (Å²) in [5, 5.41) is 3.33. The zero-order chi connectivity index (χ0) is 13.9. The molecule has 0 fully saturated rings. The molecule has 1 atom stereocenters. The molecule has 0 spiro atoms.